The number of thioether (sulfide) groups is 1. The molecule has 0 aliphatic carbocycles. The molecule has 8 amide bonds. The topological polar surface area (TPSA) is 397 Å². The predicted octanol–water partition coefficient (Wildman–Crippen LogP) is -4.52. The van der Waals surface area contributed by atoms with Gasteiger partial charge in [-0.15, -0.1) is 11.8 Å². The molecule has 0 unspecified atom stereocenters. The second-order valence-electron chi connectivity index (χ2n) is 14.6. The minimum atomic E-state index is -1.65. The highest BCUT2D eigenvalue weighted by Gasteiger charge is 2.40. The van der Waals surface area contributed by atoms with Crippen LogP contribution in [0.1, 0.15) is 57.4 Å². The highest BCUT2D eigenvalue weighted by Crippen LogP contribution is 2.21. The standard InChI is InChI=1S/C37H53N11O13S/c1-18-30(54)47-25(36(60)61)16-62-17-28(51)43-24(15-29(52)53)35(59)48-13-3-5-26(48)34(58)45-21(4-2-12-41-37(39)40)31(55)44-22(10-11-27(38)50)32(56)46-23(33(57)42-18)14-19-6-8-20(49)9-7-19/h6-9,18,21-26,49H,2-5,10-17H2,1H3,(H2,38,50)(H,42,57)(H,43,51)(H,44,55)(H,45,58)(H,46,56)(H,47,54)(H,52,53)(H,60,61)(H4,39,40,41)/t18-,21-,22-,23-,24-,25-,26-/m0/s1. The van der Waals surface area contributed by atoms with Crippen LogP contribution >= 0.6 is 11.8 Å². The van der Waals surface area contributed by atoms with E-state index in [0.717, 1.165) is 16.7 Å². The number of carbonyl (C=O) groups excluding carboxylic acids is 8. The van der Waals surface area contributed by atoms with Gasteiger partial charge in [0, 0.05) is 31.7 Å². The molecule has 62 heavy (non-hydrogen) atoms. The molecule has 15 N–H and O–H groups in total. The normalized spacial score (nSPS) is 25.0. The number of nitrogens with zero attached hydrogens (tertiary/aromatic N) is 2. The third-order valence-electron chi connectivity index (χ3n) is 9.63. The number of rotatable bonds is 12. The van der Waals surface area contributed by atoms with Crippen molar-refractivity contribution in [3.8, 4) is 5.75 Å². The second kappa shape index (κ2) is 24.0. The highest BCUT2D eigenvalue weighted by molar-refractivity contribution is 8.00. The first-order valence-corrected chi connectivity index (χ1v) is 20.7. The van der Waals surface area contributed by atoms with Gasteiger partial charge in [-0.05, 0) is 56.7 Å². The summed E-state index contributed by atoms with van der Waals surface area (Å²) in [5.41, 5.74) is 16.7. The maximum atomic E-state index is 14.0. The third kappa shape index (κ3) is 16.1. The van der Waals surface area contributed by atoms with Crippen molar-refractivity contribution in [1.29, 1.82) is 0 Å². The molecule has 25 heteroatoms. The number of hydrogen-bond acceptors (Lipinski definition) is 13. The Balaban J connectivity index is 2.07. The van der Waals surface area contributed by atoms with Crippen molar-refractivity contribution in [2.75, 3.05) is 24.6 Å². The fourth-order valence-corrected chi connectivity index (χ4v) is 7.30. The molecule has 0 aromatic heterocycles. The maximum Gasteiger partial charge on any atom is 0.327 e. The summed E-state index contributed by atoms with van der Waals surface area (Å²) in [6.07, 6.45) is -1.57. The van der Waals surface area contributed by atoms with Crippen LogP contribution in [0.25, 0.3) is 0 Å². The van der Waals surface area contributed by atoms with Gasteiger partial charge in [0.05, 0.1) is 12.2 Å². The number of amides is 8. The van der Waals surface area contributed by atoms with Gasteiger partial charge in [-0.2, -0.15) is 0 Å². The second-order valence-corrected chi connectivity index (χ2v) is 15.6. The summed E-state index contributed by atoms with van der Waals surface area (Å²) in [6, 6.07) is -4.78. The molecule has 2 fully saturated rings. The summed E-state index contributed by atoms with van der Waals surface area (Å²) in [4.78, 5) is 136. The SMILES string of the molecule is C[C@@H]1NC(=O)[C@H](Cc2ccc(O)cc2)NC(=O)[C@H](CCC(N)=O)NC(=O)[C@H](CCCN=C(N)N)NC(=O)[C@@H]2CCCN2C(=O)[C@H](CC(=O)O)NC(=O)CSC[C@@H](C(=O)O)NC1=O. The number of aliphatic carboxylic acids is 2. The Morgan fingerprint density at radius 2 is 1.40 bits per heavy atom. The van der Waals surface area contributed by atoms with Crippen LogP contribution in [0, 0.1) is 0 Å². The number of aromatic hydroxyl groups is 1. The lowest BCUT2D eigenvalue weighted by atomic mass is 10.0. The molecular formula is C37H53N11O13S. The number of nitrogens with two attached hydrogens (primary N) is 3. The van der Waals surface area contributed by atoms with E-state index in [1.165, 1.54) is 31.2 Å². The first-order valence-electron chi connectivity index (χ1n) is 19.5. The third-order valence-corrected chi connectivity index (χ3v) is 10.7. The van der Waals surface area contributed by atoms with Crippen molar-refractivity contribution in [2.45, 2.75) is 101 Å². The van der Waals surface area contributed by atoms with E-state index < -0.39 is 120 Å². The lowest BCUT2D eigenvalue weighted by Crippen LogP contribution is -2.60. The van der Waals surface area contributed by atoms with E-state index in [2.05, 4.69) is 36.9 Å². The van der Waals surface area contributed by atoms with Gasteiger partial charge in [-0.3, -0.25) is 48.1 Å². The summed E-state index contributed by atoms with van der Waals surface area (Å²) in [5, 5.41) is 43.8. The Morgan fingerprint density at radius 3 is 2.02 bits per heavy atom. The van der Waals surface area contributed by atoms with Crippen molar-refractivity contribution in [1.82, 2.24) is 36.8 Å². The quantitative estimate of drug-likeness (QED) is 0.0534. The molecule has 2 saturated heterocycles. The Morgan fingerprint density at radius 1 is 0.790 bits per heavy atom. The molecule has 340 valence electrons. The monoisotopic (exact) mass is 891 g/mol. The Bertz CT molecular complexity index is 1880. The van der Waals surface area contributed by atoms with E-state index in [-0.39, 0.29) is 69.1 Å². The molecule has 2 heterocycles. The predicted molar refractivity (Wildman–Crippen MR) is 219 cm³/mol. The first kappa shape index (κ1) is 49.7. The number of hydrogen-bond donors (Lipinski definition) is 12. The molecule has 0 saturated carbocycles. The number of fused-ring (bicyclic) bond motifs is 1. The first-order chi connectivity index (χ1) is 29.2. The van der Waals surface area contributed by atoms with Crippen LogP contribution in [0.15, 0.2) is 29.3 Å². The molecule has 2 aliphatic rings. The lowest BCUT2D eigenvalue weighted by Gasteiger charge is -2.30. The van der Waals surface area contributed by atoms with Crippen LogP contribution in [-0.4, -0.2) is 152 Å². The van der Waals surface area contributed by atoms with Crippen molar-refractivity contribution >= 4 is 76.9 Å². The van der Waals surface area contributed by atoms with Gasteiger partial charge >= 0.3 is 11.9 Å². The van der Waals surface area contributed by atoms with Crippen LogP contribution in [-0.2, 0) is 54.4 Å². The summed E-state index contributed by atoms with van der Waals surface area (Å²) in [7, 11) is 0. The maximum absolute atomic E-state index is 14.0. The van der Waals surface area contributed by atoms with Crippen LogP contribution in [0.3, 0.4) is 0 Å². The fraction of sp³-hybridized carbons (Fsp3) is 0.541. The van der Waals surface area contributed by atoms with Crippen LogP contribution < -0.4 is 49.1 Å². The number of phenolic OH excluding ortho intramolecular Hbond substituents is 1. The van der Waals surface area contributed by atoms with Crippen LogP contribution in [0.2, 0.25) is 0 Å². The minimum absolute atomic E-state index is 0.0118. The molecule has 7 atom stereocenters. The number of guanidine groups is 1. The number of benzene rings is 1. The van der Waals surface area contributed by atoms with E-state index in [4.69, 9.17) is 17.2 Å². The molecule has 0 spiro atoms. The molecule has 3 rings (SSSR count). The largest absolute Gasteiger partial charge is 0.508 e. The van der Waals surface area contributed by atoms with E-state index in [0.29, 0.717) is 5.56 Å². The number of carbonyl (C=O) groups is 10. The summed E-state index contributed by atoms with van der Waals surface area (Å²) < 4.78 is 0. The number of nitrogens with one attached hydrogen (secondary N) is 6. The Kier molecular flexibility index (Phi) is 19.2. The van der Waals surface area contributed by atoms with E-state index in [9.17, 15) is 63.3 Å². The van der Waals surface area contributed by atoms with Crippen molar-refractivity contribution in [3.63, 3.8) is 0 Å². The zero-order valence-corrected chi connectivity index (χ0v) is 34.6. The highest BCUT2D eigenvalue weighted by atomic mass is 32.2. The fourth-order valence-electron chi connectivity index (χ4n) is 6.45. The van der Waals surface area contributed by atoms with Gasteiger partial charge in [0.15, 0.2) is 5.96 Å². The van der Waals surface area contributed by atoms with Gasteiger partial charge in [0.25, 0.3) is 0 Å². The number of phenols is 1. The zero-order chi connectivity index (χ0) is 46.1. The summed E-state index contributed by atoms with van der Waals surface area (Å²) >= 11 is 0.736. The summed E-state index contributed by atoms with van der Waals surface area (Å²) in [6.45, 7) is 1.22. The zero-order valence-electron chi connectivity index (χ0n) is 33.8. The van der Waals surface area contributed by atoms with Crippen LogP contribution in [0.5, 0.6) is 5.75 Å². The van der Waals surface area contributed by atoms with Gasteiger partial charge in [0.2, 0.25) is 47.3 Å². The molecule has 2 aliphatic heterocycles. The van der Waals surface area contributed by atoms with E-state index in [1.54, 1.807) is 0 Å². The summed E-state index contributed by atoms with van der Waals surface area (Å²) in [5.74, 6) is -11.4. The van der Waals surface area contributed by atoms with Gasteiger partial charge < -0.3 is 69.3 Å². The van der Waals surface area contributed by atoms with Crippen molar-refractivity contribution in [3.05, 3.63) is 29.8 Å². The van der Waals surface area contributed by atoms with E-state index in [1.807, 2.05) is 0 Å². The smallest absolute Gasteiger partial charge is 0.327 e. The molecule has 0 bridgehead atoms. The average Bonchev–Trinajstić information content (AvgIpc) is 3.69. The molecule has 1 aromatic carbocycles. The number of primary amides is 1. The molecule has 0 radical (unpaired) electrons. The Labute approximate surface area is 359 Å². The van der Waals surface area contributed by atoms with Gasteiger partial charge in [0.1, 0.15) is 48.0 Å². The van der Waals surface area contributed by atoms with Crippen molar-refractivity contribution < 1.29 is 63.3 Å². The number of carboxylic acids is 2. The number of carboxylic acid groups (broad SMARTS) is 2. The van der Waals surface area contributed by atoms with E-state index >= 15 is 0 Å². The van der Waals surface area contributed by atoms with Gasteiger partial charge in [-0.1, -0.05) is 12.1 Å². The lowest BCUT2D eigenvalue weighted by molar-refractivity contribution is -0.146. The Hall–Kier alpha value is -6.66. The molecule has 1 aromatic rings. The molecular weight excluding hydrogens is 839 g/mol. The van der Waals surface area contributed by atoms with Crippen LogP contribution in [0.4, 0.5) is 0 Å². The molecule has 24 nitrogen and oxygen atoms in total. The number of aliphatic imine (C=N–C) groups is 1. The van der Waals surface area contributed by atoms with Gasteiger partial charge in [-0.25, -0.2) is 4.79 Å². The minimum Gasteiger partial charge on any atom is -0.508 e. The van der Waals surface area contributed by atoms with Crippen molar-refractivity contribution in [2.24, 2.45) is 22.2 Å². The average molecular weight is 892 g/mol.